The second-order valence-electron chi connectivity index (χ2n) is 4.43. The lowest BCUT2D eigenvalue weighted by Gasteiger charge is -2.06. The minimum absolute atomic E-state index is 0.199. The highest BCUT2D eigenvalue weighted by Gasteiger charge is 2.21. The van der Waals surface area contributed by atoms with Crippen molar-refractivity contribution in [2.45, 2.75) is 19.6 Å². The molecule has 3 heteroatoms. The molecule has 84 valence electrons. The molecule has 0 atom stereocenters. The summed E-state index contributed by atoms with van der Waals surface area (Å²) >= 11 is 0. The molecule has 1 fully saturated rings. The van der Waals surface area contributed by atoms with E-state index in [2.05, 4.69) is 0 Å². The van der Waals surface area contributed by atoms with Crippen LogP contribution >= 0.6 is 0 Å². The number of rotatable bonds is 4. The van der Waals surface area contributed by atoms with E-state index >= 15 is 0 Å². The molecule has 16 heavy (non-hydrogen) atoms. The molecule has 1 saturated carbocycles. The molecule has 1 aromatic heterocycles. The van der Waals surface area contributed by atoms with Crippen molar-refractivity contribution in [2.24, 2.45) is 5.92 Å². The Kier molecular flexibility index (Phi) is 2.40. The Bertz CT molecular complexity index is 502. The first-order valence-corrected chi connectivity index (χ1v) is 5.65. The number of fused-ring (bicyclic) bond motifs is 1. The topological polar surface area (TPSA) is 14.2 Å². The van der Waals surface area contributed by atoms with Crippen LogP contribution in [0.15, 0.2) is 30.5 Å². The van der Waals surface area contributed by atoms with Crippen LogP contribution in [0.2, 0.25) is 0 Å². The van der Waals surface area contributed by atoms with Crippen molar-refractivity contribution >= 4 is 10.9 Å². The molecule has 1 aromatic carbocycles. The first-order chi connectivity index (χ1) is 7.83. The van der Waals surface area contributed by atoms with E-state index in [9.17, 15) is 4.39 Å². The summed E-state index contributed by atoms with van der Waals surface area (Å²) in [6.07, 6.45) is 4.53. The normalized spacial score (nSPS) is 15.8. The molecule has 2 nitrogen and oxygen atoms in total. The average Bonchev–Trinajstić information content (AvgIpc) is 3.01. The summed E-state index contributed by atoms with van der Waals surface area (Å²) in [6, 6.07) is 6.81. The van der Waals surface area contributed by atoms with Crippen LogP contribution in [0, 0.1) is 11.7 Å². The third-order valence-electron chi connectivity index (χ3n) is 3.02. The molecule has 1 aliphatic carbocycles. The number of halogens is 1. The van der Waals surface area contributed by atoms with E-state index in [0.717, 1.165) is 23.4 Å². The van der Waals surface area contributed by atoms with Crippen molar-refractivity contribution < 1.29 is 9.13 Å². The quantitative estimate of drug-likeness (QED) is 0.770. The minimum Gasteiger partial charge on any atom is -0.360 e. The van der Waals surface area contributed by atoms with Crippen LogP contribution in [0.3, 0.4) is 0 Å². The van der Waals surface area contributed by atoms with Crippen molar-refractivity contribution in [1.82, 2.24) is 4.57 Å². The molecule has 0 bridgehead atoms. The zero-order valence-corrected chi connectivity index (χ0v) is 9.03. The molecule has 0 unspecified atom stereocenters. The van der Waals surface area contributed by atoms with E-state index in [-0.39, 0.29) is 5.82 Å². The lowest BCUT2D eigenvalue weighted by molar-refractivity contribution is 0.0717. The summed E-state index contributed by atoms with van der Waals surface area (Å²) in [5.41, 5.74) is 0.899. The molecule has 2 aromatic rings. The predicted octanol–water partition coefficient (Wildman–Crippen LogP) is 3.16. The van der Waals surface area contributed by atoms with Crippen molar-refractivity contribution in [1.29, 1.82) is 0 Å². The van der Waals surface area contributed by atoms with E-state index in [0.29, 0.717) is 6.73 Å². The van der Waals surface area contributed by atoms with Crippen LogP contribution in [-0.2, 0) is 11.5 Å². The largest absolute Gasteiger partial charge is 0.360 e. The smallest absolute Gasteiger partial charge is 0.125 e. The van der Waals surface area contributed by atoms with Gasteiger partial charge >= 0.3 is 0 Å². The molecule has 0 spiro atoms. The SMILES string of the molecule is Fc1ccc2ccn(COCC3CC3)c2c1. The van der Waals surface area contributed by atoms with Crippen LogP contribution in [0.1, 0.15) is 12.8 Å². The van der Waals surface area contributed by atoms with Gasteiger partial charge in [0.15, 0.2) is 0 Å². The van der Waals surface area contributed by atoms with Crippen LogP contribution in [0.25, 0.3) is 10.9 Å². The second kappa shape index (κ2) is 3.91. The maximum absolute atomic E-state index is 13.1. The Balaban J connectivity index is 1.76. The van der Waals surface area contributed by atoms with Gasteiger partial charge in [0.05, 0.1) is 12.1 Å². The van der Waals surface area contributed by atoms with E-state index in [4.69, 9.17) is 4.74 Å². The molecule has 0 amide bonds. The molecule has 3 rings (SSSR count). The summed E-state index contributed by atoms with van der Waals surface area (Å²) in [5, 5.41) is 1.05. The number of hydrogen-bond acceptors (Lipinski definition) is 1. The summed E-state index contributed by atoms with van der Waals surface area (Å²) in [4.78, 5) is 0. The minimum atomic E-state index is -0.199. The Labute approximate surface area is 93.6 Å². The van der Waals surface area contributed by atoms with Crippen LogP contribution in [-0.4, -0.2) is 11.2 Å². The third kappa shape index (κ3) is 1.95. The van der Waals surface area contributed by atoms with E-state index in [1.165, 1.54) is 18.9 Å². The highest BCUT2D eigenvalue weighted by Crippen LogP contribution is 2.29. The lowest BCUT2D eigenvalue weighted by Crippen LogP contribution is -2.03. The molecule has 0 saturated heterocycles. The van der Waals surface area contributed by atoms with Crippen LogP contribution in [0.4, 0.5) is 4.39 Å². The fraction of sp³-hybridized carbons (Fsp3) is 0.385. The first-order valence-electron chi connectivity index (χ1n) is 5.65. The van der Waals surface area contributed by atoms with Gasteiger partial charge < -0.3 is 9.30 Å². The summed E-state index contributed by atoms with van der Waals surface area (Å²) in [7, 11) is 0. The fourth-order valence-corrected chi connectivity index (χ4v) is 1.87. The van der Waals surface area contributed by atoms with E-state index in [1.54, 1.807) is 12.1 Å². The molecule has 0 N–H and O–H groups in total. The van der Waals surface area contributed by atoms with Crippen molar-refractivity contribution in [3.05, 3.63) is 36.3 Å². The van der Waals surface area contributed by atoms with Crippen molar-refractivity contribution in [3.63, 3.8) is 0 Å². The van der Waals surface area contributed by atoms with E-state index < -0.39 is 0 Å². The molecular formula is C13H14FNO. The van der Waals surface area contributed by atoms with Gasteiger partial charge in [-0.25, -0.2) is 4.39 Å². The second-order valence-corrected chi connectivity index (χ2v) is 4.43. The van der Waals surface area contributed by atoms with Gasteiger partial charge in [0.2, 0.25) is 0 Å². The fourth-order valence-electron chi connectivity index (χ4n) is 1.87. The first kappa shape index (κ1) is 9.85. The Morgan fingerprint density at radius 2 is 2.19 bits per heavy atom. The number of hydrogen-bond donors (Lipinski definition) is 0. The van der Waals surface area contributed by atoms with Gasteiger partial charge in [0, 0.05) is 6.20 Å². The summed E-state index contributed by atoms with van der Waals surface area (Å²) in [5.74, 6) is 0.563. The summed E-state index contributed by atoms with van der Waals surface area (Å²) in [6.45, 7) is 1.35. The van der Waals surface area contributed by atoms with E-state index in [1.807, 2.05) is 16.8 Å². The zero-order valence-electron chi connectivity index (χ0n) is 9.03. The van der Waals surface area contributed by atoms with Gasteiger partial charge in [0.25, 0.3) is 0 Å². The average molecular weight is 219 g/mol. The Morgan fingerprint density at radius 3 is 3.00 bits per heavy atom. The van der Waals surface area contributed by atoms with Gasteiger partial charge in [-0.2, -0.15) is 0 Å². The predicted molar refractivity (Wildman–Crippen MR) is 60.6 cm³/mol. The Morgan fingerprint density at radius 1 is 1.31 bits per heavy atom. The monoisotopic (exact) mass is 219 g/mol. The van der Waals surface area contributed by atoms with Gasteiger partial charge in [-0.15, -0.1) is 0 Å². The molecule has 0 aliphatic heterocycles. The molecule has 0 radical (unpaired) electrons. The van der Waals surface area contributed by atoms with Gasteiger partial charge in [-0.1, -0.05) is 0 Å². The molecular weight excluding hydrogens is 205 g/mol. The van der Waals surface area contributed by atoms with Crippen LogP contribution in [0.5, 0.6) is 0 Å². The highest BCUT2D eigenvalue weighted by atomic mass is 19.1. The van der Waals surface area contributed by atoms with Gasteiger partial charge in [-0.3, -0.25) is 0 Å². The molecule has 1 heterocycles. The number of nitrogens with zero attached hydrogens (tertiary/aromatic N) is 1. The zero-order chi connectivity index (χ0) is 11.0. The standard InChI is InChI=1S/C13H14FNO/c14-12-4-3-11-5-6-15(13(11)7-12)9-16-8-10-1-2-10/h3-7,10H,1-2,8-9H2. The number of benzene rings is 1. The van der Waals surface area contributed by atoms with Crippen molar-refractivity contribution in [2.75, 3.05) is 6.61 Å². The summed E-state index contributed by atoms with van der Waals surface area (Å²) < 4.78 is 20.6. The third-order valence-corrected chi connectivity index (χ3v) is 3.02. The Hall–Kier alpha value is -1.35. The number of ether oxygens (including phenoxy) is 1. The van der Waals surface area contributed by atoms with Crippen LogP contribution < -0.4 is 0 Å². The lowest BCUT2D eigenvalue weighted by atomic mass is 10.2. The maximum atomic E-state index is 13.1. The van der Waals surface area contributed by atoms with Gasteiger partial charge in [0.1, 0.15) is 12.5 Å². The van der Waals surface area contributed by atoms with Crippen molar-refractivity contribution in [3.8, 4) is 0 Å². The highest BCUT2D eigenvalue weighted by molar-refractivity contribution is 5.79. The molecule has 1 aliphatic rings. The maximum Gasteiger partial charge on any atom is 0.125 e. The number of aromatic nitrogens is 1. The van der Waals surface area contributed by atoms with Gasteiger partial charge in [-0.05, 0) is 48.4 Å².